The van der Waals surface area contributed by atoms with Crippen molar-refractivity contribution in [2.45, 2.75) is 57.0 Å². The average molecular weight is 769 g/mol. The van der Waals surface area contributed by atoms with Crippen molar-refractivity contribution >= 4 is 69.7 Å². The number of nitrogen functional groups attached to an aromatic ring is 2. The zero-order chi connectivity index (χ0) is 40.1. The molecule has 0 spiro atoms. The van der Waals surface area contributed by atoms with E-state index in [1.807, 2.05) is 11.9 Å². The largest absolute Gasteiger partial charge is 0.384 e. The van der Waals surface area contributed by atoms with Crippen LogP contribution in [0.15, 0.2) is 48.7 Å². The Morgan fingerprint density at radius 3 is 2.50 bits per heavy atom. The third-order valence-electron chi connectivity index (χ3n) is 9.24. The van der Waals surface area contributed by atoms with Crippen LogP contribution in [0.4, 0.5) is 23.1 Å². The summed E-state index contributed by atoms with van der Waals surface area (Å²) in [4.78, 5) is 96.3. The van der Waals surface area contributed by atoms with E-state index >= 15 is 0 Å². The number of aliphatic hydroxyl groups excluding tert-OH is 1. The molecule has 6 rings (SSSR count). The number of fused-ring (bicyclic) bond motifs is 2. The molecule has 2 unspecified atom stereocenters. The highest BCUT2D eigenvalue weighted by Gasteiger charge is 2.45. The van der Waals surface area contributed by atoms with Crippen LogP contribution in [0, 0.1) is 0 Å². The summed E-state index contributed by atoms with van der Waals surface area (Å²) in [6.45, 7) is 0.767. The minimum absolute atomic E-state index is 0.00239. The molecule has 2 aromatic carbocycles. The molecule has 4 heterocycles. The number of aliphatic hydroxyl groups is 2. The Morgan fingerprint density at radius 1 is 1.00 bits per heavy atom. The van der Waals surface area contributed by atoms with Crippen molar-refractivity contribution < 1.29 is 39.0 Å². The van der Waals surface area contributed by atoms with Gasteiger partial charge in [-0.05, 0) is 55.7 Å². The molecule has 0 aliphatic carbocycles. The molecule has 292 valence electrons. The summed E-state index contributed by atoms with van der Waals surface area (Å²) in [7, 11) is 1.82. The SMILES string of the molecule is CN(Cc1cnc2nc(N)nc(N)c2n1)c1ccc(C(=O)NC(CCC(O)O)C(=O)NCCCNc2cccc3c2C(=O)N(C2CCC(=O)NC2=O)C3=O)cc1. The van der Waals surface area contributed by atoms with Gasteiger partial charge in [-0.2, -0.15) is 9.97 Å². The van der Waals surface area contributed by atoms with Crippen LogP contribution in [0.2, 0.25) is 0 Å². The van der Waals surface area contributed by atoms with Gasteiger partial charge in [-0.1, -0.05) is 6.07 Å². The second-order valence-electron chi connectivity index (χ2n) is 13.2. The summed E-state index contributed by atoms with van der Waals surface area (Å²) in [5.74, 6) is -3.41. The zero-order valence-corrected chi connectivity index (χ0v) is 30.2. The second kappa shape index (κ2) is 16.7. The Kier molecular flexibility index (Phi) is 11.6. The molecule has 20 nitrogen and oxygen atoms in total. The van der Waals surface area contributed by atoms with Gasteiger partial charge in [-0.15, -0.1) is 0 Å². The lowest BCUT2D eigenvalue weighted by Gasteiger charge is -2.27. The summed E-state index contributed by atoms with van der Waals surface area (Å²) in [5.41, 5.74) is 14.4. The number of carbonyl (C=O) groups excluding carboxylic acids is 6. The fourth-order valence-corrected chi connectivity index (χ4v) is 6.40. The van der Waals surface area contributed by atoms with Crippen LogP contribution in [-0.4, -0.2) is 109 Å². The lowest BCUT2D eigenvalue weighted by molar-refractivity contribution is -0.136. The molecule has 0 saturated carbocycles. The molecule has 0 radical (unpaired) electrons. The average Bonchev–Trinajstić information content (AvgIpc) is 3.42. The minimum Gasteiger partial charge on any atom is -0.384 e. The van der Waals surface area contributed by atoms with Gasteiger partial charge < -0.3 is 42.5 Å². The van der Waals surface area contributed by atoms with E-state index in [0.29, 0.717) is 29.9 Å². The minimum atomic E-state index is -1.69. The van der Waals surface area contributed by atoms with Crippen LogP contribution in [0.1, 0.15) is 68.9 Å². The number of nitrogens with two attached hydrogens (primary N) is 2. The van der Waals surface area contributed by atoms with E-state index in [-0.39, 0.29) is 72.9 Å². The summed E-state index contributed by atoms with van der Waals surface area (Å²) in [6, 6.07) is 9.16. The summed E-state index contributed by atoms with van der Waals surface area (Å²) < 4.78 is 0. The summed E-state index contributed by atoms with van der Waals surface area (Å²) >= 11 is 0. The number of carbonyl (C=O) groups is 6. The highest BCUT2D eigenvalue weighted by Crippen LogP contribution is 2.32. The summed E-state index contributed by atoms with van der Waals surface area (Å²) in [5, 5.41) is 29.6. The molecule has 20 heteroatoms. The number of aromatic nitrogens is 4. The van der Waals surface area contributed by atoms with E-state index in [4.69, 9.17) is 11.5 Å². The van der Waals surface area contributed by atoms with Crippen molar-refractivity contribution in [3.63, 3.8) is 0 Å². The maximum absolute atomic E-state index is 13.3. The number of benzene rings is 2. The molecule has 56 heavy (non-hydrogen) atoms. The molecule has 1 saturated heterocycles. The number of anilines is 4. The van der Waals surface area contributed by atoms with Crippen LogP contribution >= 0.6 is 0 Å². The van der Waals surface area contributed by atoms with Gasteiger partial charge in [0.15, 0.2) is 23.3 Å². The lowest BCUT2D eigenvalue weighted by Crippen LogP contribution is -2.54. The number of nitrogens with zero attached hydrogens (tertiary/aromatic N) is 6. The number of piperidine rings is 1. The number of nitrogens with one attached hydrogen (secondary N) is 4. The van der Waals surface area contributed by atoms with E-state index in [9.17, 15) is 39.0 Å². The van der Waals surface area contributed by atoms with Crippen LogP contribution in [0.5, 0.6) is 0 Å². The van der Waals surface area contributed by atoms with Gasteiger partial charge in [-0.3, -0.25) is 39.0 Å². The number of amides is 6. The molecule has 4 aromatic rings. The van der Waals surface area contributed by atoms with Crippen molar-refractivity contribution in [3.05, 3.63) is 71.0 Å². The van der Waals surface area contributed by atoms with Crippen LogP contribution in [0.25, 0.3) is 11.2 Å². The Bertz CT molecular complexity index is 2200. The number of hydrogen-bond donors (Lipinski definition) is 8. The number of imide groups is 2. The molecule has 2 aromatic heterocycles. The first-order valence-electron chi connectivity index (χ1n) is 17.7. The fraction of sp³-hybridized carbons (Fsp3) is 0.333. The Hall–Kier alpha value is -6.80. The highest BCUT2D eigenvalue weighted by molar-refractivity contribution is 6.25. The van der Waals surface area contributed by atoms with E-state index < -0.39 is 53.8 Å². The van der Waals surface area contributed by atoms with E-state index in [0.717, 1.165) is 10.6 Å². The topological polar surface area (TPSA) is 301 Å². The molecule has 2 atom stereocenters. The first kappa shape index (κ1) is 38.9. The maximum atomic E-state index is 13.3. The van der Waals surface area contributed by atoms with E-state index in [1.165, 1.54) is 6.07 Å². The fourth-order valence-electron chi connectivity index (χ4n) is 6.40. The molecule has 2 aliphatic heterocycles. The zero-order valence-electron chi connectivity index (χ0n) is 30.2. The first-order chi connectivity index (χ1) is 26.8. The quantitative estimate of drug-likeness (QED) is 0.0427. The van der Waals surface area contributed by atoms with Gasteiger partial charge in [-0.25, -0.2) is 9.97 Å². The van der Waals surface area contributed by atoms with Crippen LogP contribution in [-0.2, 0) is 20.9 Å². The predicted molar refractivity (Wildman–Crippen MR) is 200 cm³/mol. The van der Waals surface area contributed by atoms with Crippen molar-refractivity contribution in [1.29, 1.82) is 0 Å². The Morgan fingerprint density at radius 2 is 1.77 bits per heavy atom. The second-order valence-corrected chi connectivity index (χ2v) is 13.2. The molecule has 2 aliphatic rings. The normalized spacial score (nSPS) is 15.8. The van der Waals surface area contributed by atoms with Crippen molar-refractivity contribution in [2.75, 3.05) is 41.8 Å². The number of rotatable bonds is 15. The standard InChI is InChI=1S/C36H40N12O8/c1-47(17-19-16-41-30-28(42-19)29(37)45-36(38)46-30)20-8-6-18(7-9-20)31(52)43-23(10-13-26(50)51)32(53)40-15-3-14-39-22-5-2-4-21-27(22)35(56)48(34(21)55)24-11-12-25(49)44-33(24)54/h2,4-9,16,23-24,26,39,50-51H,3,10-15,17H2,1H3,(H,40,53)(H,43,52)(H,44,49,54)(H4,37,38,41,45,46). The van der Waals surface area contributed by atoms with Crippen LogP contribution in [0.3, 0.4) is 0 Å². The van der Waals surface area contributed by atoms with Crippen molar-refractivity contribution in [1.82, 2.24) is 40.8 Å². The highest BCUT2D eigenvalue weighted by atomic mass is 16.5. The molecular formula is C36H40N12O8. The first-order valence-corrected chi connectivity index (χ1v) is 17.7. The van der Waals surface area contributed by atoms with Gasteiger partial charge in [0.1, 0.15) is 12.1 Å². The van der Waals surface area contributed by atoms with Gasteiger partial charge >= 0.3 is 0 Å². The van der Waals surface area contributed by atoms with Crippen molar-refractivity contribution in [3.8, 4) is 0 Å². The molecular weight excluding hydrogens is 728 g/mol. The van der Waals surface area contributed by atoms with E-state index in [2.05, 4.69) is 41.2 Å². The van der Waals surface area contributed by atoms with Gasteiger partial charge in [0.05, 0.1) is 29.6 Å². The van der Waals surface area contributed by atoms with Gasteiger partial charge in [0.25, 0.3) is 17.7 Å². The summed E-state index contributed by atoms with van der Waals surface area (Å²) in [6.07, 6.45) is 0.0462. The molecule has 6 amide bonds. The van der Waals surface area contributed by atoms with E-state index in [1.54, 1.807) is 42.6 Å². The monoisotopic (exact) mass is 768 g/mol. The van der Waals surface area contributed by atoms with Gasteiger partial charge in [0, 0.05) is 49.9 Å². The maximum Gasteiger partial charge on any atom is 0.264 e. The molecule has 1 fully saturated rings. The Balaban J connectivity index is 1.01. The van der Waals surface area contributed by atoms with Crippen LogP contribution < -0.4 is 37.6 Å². The lowest BCUT2D eigenvalue weighted by atomic mass is 10.0. The third kappa shape index (κ3) is 8.61. The molecule has 0 bridgehead atoms. The third-order valence-corrected chi connectivity index (χ3v) is 9.24. The smallest absolute Gasteiger partial charge is 0.264 e. The molecule has 10 N–H and O–H groups in total. The predicted octanol–water partition coefficient (Wildman–Crippen LogP) is -0.570. The number of hydrogen-bond acceptors (Lipinski definition) is 16. The van der Waals surface area contributed by atoms with Gasteiger partial charge in [0.2, 0.25) is 23.7 Å². The Labute approximate surface area is 319 Å². The van der Waals surface area contributed by atoms with Crippen molar-refractivity contribution in [2.24, 2.45) is 0 Å².